The van der Waals surface area contributed by atoms with Gasteiger partial charge in [0.2, 0.25) is 0 Å². The molecule has 0 aliphatic rings. The zero-order valence-corrected chi connectivity index (χ0v) is 10.6. The van der Waals surface area contributed by atoms with E-state index in [1.807, 2.05) is 0 Å². The summed E-state index contributed by atoms with van der Waals surface area (Å²) in [5.41, 5.74) is 0.326. The summed E-state index contributed by atoms with van der Waals surface area (Å²) >= 11 is 0. The topological polar surface area (TPSA) is 79.5 Å². The van der Waals surface area contributed by atoms with Gasteiger partial charge in [-0.2, -0.15) is 0 Å². The Kier molecular flexibility index (Phi) is 4.65. The lowest BCUT2D eigenvalue weighted by Gasteiger charge is -2.15. The lowest BCUT2D eigenvalue weighted by atomic mass is 10.2. The van der Waals surface area contributed by atoms with Crippen molar-refractivity contribution < 1.29 is 14.3 Å². The highest BCUT2D eigenvalue weighted by Gasteiger charge is 2.16. The van der Waals surface area contributed by atoms with E-state index in [-0.39, 0.29) is 18.5 Å². The predicted molar refractivity (Wildman–Crippen MR) is 65.4 cm³/mol. The van der Waals surface area contributed by atoms with Gasteiger partial charge >= 0.3 is 5.97 Å². The number of rotatable bonds is 4. The van der Waals surface area contributed by atoms with E-state index in [2.05, 4.69) is 9.72 Å². The molecule has 1 aromatic heterocycles. The number of esters is 1. The number of aromatic nitrogens is 1. The third-order valence-electron chi connectivity index (χ3n) is 2.51. The molecule has 1 aromatic rings. The minimum atomic E-state index is -0.426. The smallest absolute Gasteiger partial charge is 0.307 e. The molecule has 0 bridgehead atoms. The summed E-state index contributed by atoms with van der Waals surface area (Å²) in [7, 11) is 2.82. The number of methoxy groups -OCH3 is 1. The van der Waals surface area contributed by atoms with Crippen LogP contribution in [0.5, 0.6) is 0 Å². The molecule has 0 spiro atoms. The Hall–Kier alpha value is -2.11. The van der Waals surface area contributed by atoms with Crippen LogP contribution in [0.4, 0.5) is 0 Å². The number of carbonyl (C=O) groups excluding carboxylic acids is 2. The van der Waals surface area contributed by atoms with Crippen LogP contribution in [0.1, 0.15) is 22.5 Å². The number of aryl methyl sites for hydroxylation is 1. The number of carbonyl (C=O) groups is 2. The second kappa shape index (κ2) is 6.00. The van der Waals surface area contributed by atoms with Gasteiger partial charge in [-0.25, -0.2) is 0 Å². The van der Waals surface area contributed by atoms with Gasteiger partial charge in [-0.05, 0) is 19.1 Å². The second-order valence-corrected chi connectivity index (χ2v) is 3.94. The van der Waals surface area contributed by atoms with Gasteiger partial charge in [0.1, 0.15) is 5.56 Å². The van der Waals surface area contributed by atoms with Crippen molar-refractivity contribution in [3.63, 3.8) is 0 Å². The van der Waals surface area contributed by atoms with Crippen molar-refractivity contribution in [3.8, 4) is 0 Å². The average Bonchev–Trinajstić information content (AvgIpc) is 2.34. The van der Waals surface area contributed by atoms with Crippen LogP contribution in [0.15, 0.2) is 16.9 Å². The number of H-pyrrole nitrogens is 1. The lowest BCUT2D eigenvalue weighted by molar-refractivity contribution is -0.140. The maximum atomic E-state index is 11.9. The fraction of sp³-hybridized carbons (Fsp3) is 0.417. The van der Waals surface area contributed by atoms with Gasteiger partial charge in [-0.3, -0.25) is 14.4 Å². The summed E-state index contributed by atoms with van der Waals surface area (Å²) in [6.07, 6.45) is 0.0997. The van der Waals surface area contributed by atoms with Crippen LogP contribution < -0.4 is 5.56 Å². The van der Waals surface area contributed by atoms with E-state index < -0.39 is 17.4 Å². The normalized spacial score (nSPS) is 9.94. The number of nitrogens with one attached hydrogen (secondary N) is 1. The van der Waals surface area contributed by atoms with E-state index in [0.29, 0.717) is 5.69 Å². The van der Waals surface area contributed by atoms with E-state index >= 15 is 0 Å². The van der Waals surface area contributed by atoms with E-state index in [9.17, 15) is 14.4 Å². The molecule has 1 amide bonds. The van der Waals surface area contributed by atoms with Gasteiger partial charge in [-0.15, -0.1) is 0 Å². The third-order valence-corrected chi connectivity index (χ3v) is 2.51. The maximum Gasteiger partial charge on any atom is 0.307 e. The summed E-state index contributed by atoms with van der Waals surface area (Å²) < 4.78 is 4.48. The van der Waals surface area contributed by atoms with Crippen LogP contribution in [0.3, 0.4) is 0 Å². The summed E-state index contributed by atoms with van der Waals surface area (Å²) in [4.78, 5) is 38.3. The minimum Gasteiger partial charge on any atom is -0.469 e. The van der Waals surface area contributed by atoms with Gasteiger partial charge < -0.3 is 14.6 Å². The molecule has 0 aliphatic carbocycles. The Morgan fingerprint density at radius 2 is 2.06 bits per heavy atom. The first-order valence-corrected chi connectivity index (χ1v) is 5.48. The SMILES string of the molecule is COC(=O)CCN(C)C(=O)c1ccc(C)[nH]c1=O. The number of hydrogen-bond donors (Lipinski definition) is 1. The van der Waals surface area contributed by atoms with Crippen molar-refractivity contribution in [1.82, 2.24) is 9.88 Å². The van der Waals surface area contributed by atoms with Crippen molar-refractivity contribution in [2.24, 2.45) is 0 Å². The van der Waals surface area contributed by atoms with Gasteiger partial charge in [-0.1, -0.05) is 0 Å². The van der Waals surface area contributed by atoms with Crippen molar-refractivity contribution in [2.75, 3.05) is 20.7 Å². The third kappa shape index (κ3) is 3.44. The zero-order chi connectivity index (χ0) is 13.7. The van der Waals surface area contributed by atoms with Crippen molar-refractivity contribution in [1.29, 1.82) is 0 Å². The van der Waals surface area contributed by atoms with Gasteiger partial charge in [0.05, 0.1) is 13.5 Å². The Morgan fingerprint density at radius 3 is 2.61 bits per heavy atom. The fourth-order valence-electron chi connectivity index (χ4n) is 1.41. The molecule has 0 aliphatic heterocycles. The standard InChI is InChI=1S/C12H16N2O4/c1-8-4-5-9(11(16)13-8)12(17)14(2)7-6-10(15)18-3/h4-5H,6-7H2,1-3H3,(H,13,16). The highest BCUT2D eigenvalue weighted by atomic mass is 16.5. The van der Waals surface area contributed by atoms with E-state index in [0.717, 1.165) is 0 Å². The second-order valence-electron chi connectivity index (χ2n) is 3.94. The monoisotopic (exact) mass is 252 g/mol. The van der Waals surface area contributed by atoms with Gasteiger partial charge in [0, 0.05) is 19.3 Å². The number of hydrogen-bond acceptors (Lipinski definition) is 4. The van der Waals surface area contributed by atoms with Crippen molar-refractivity contribution in [2.45, 2.75) is 13.3 Å². The molecule has 0 atom stereocenters. The summed E-state index contributed by atoms with van der Waals surface area (Å²) in [6, 6.07) is 3.13. The molecule has 6 nitrogen and oxygen atoms in total. The van der Waals surface area contributed by atoms with Crippen LogP contribution in [-0.2, 0) is 9.53 Å². The first-order chi connectivity index (χ1) is 8.45. The molecular weight excluding hydrogens is 236 g/mol. The largest absolute Gasteiger partial charge is 0.469 e. The Bertz CT molecular complexity index is 507. The average molecular weight is 252 g/mol. The molecule has 1 rings (SSSR count). The zero-order valence-electron chi connectivity index (χ0n) is 10.6. The molecule has 0 saturated heterocycles. The number of ether oxygens (including phenoxy) is 1. The van der Waals surface area contributed by atoms with E-state index in [1.165, 1.54) is 25.1 Å². The Balaban J connectivity index is 2.74. The molecule has 0 radical (unpaired) electrons. The van der Waals surface area contributed by atoms with Gasteiger partial charge in [0.25, 0.3) is 11.5 Å². The van der Waals surface area contributed by atoms with Crippen LogP contribution in [0.25, 0.3) is 0 Å². The van der Waals surface area contributed by atoms with E-state index in [4.69, 9.17) is 0 Å². The Labute approximate surface area is 105 Å². The molecule has 0 fully saturated rings. The van der Waals surface area contributed by atoms with Gasteiger partial charge in [0.15, 0.2) is 0 Å². The molecule has 98 valence electrons. The van der Waals surface area contributed by atoms with Crippen molar-refractivity contribution in [3.05, 3.63) is 33.7 Å². The molecule has 0 saturated carbocycles. The van der Waals surface area contributed by atoms with Crippen LogP contribution in [0, 0.1) is 6.92 Å². The fourth-order valence-corrected chi connectivity index (χ4v) is 1.41. The highest BCUT2D eigenvalue weighted by molar-refractivity contribution is 5.93. The number of pyridine rings is 1. The minimum absolute atomic E-state index is 0.0629. The summed E-state index contributed by atoms with van der Waals surface area (Å²) in [5.74, 6) is -0.812. The summed E-state index contributed by atoms with van der Waals surface area (Å²) in [5, 5.41) is 0. The first kappa shape index (κ1) is 14.0. The molecule has 0 unspecified atom stereocenters. The molecule has 6 heteroatoms. The molecule has 1 N–H and O–H groups in total. The van der Waals surface area contributed by atoms with Crippen molar-refractivity contribution >= 4 is 11.9 Å². The molecular formula is C12H16N2O4. The van der Waals surface area contributed by atoms with E-state index in [1.54, 1.807) is 13.0 Å². The Morgan fingerprint density at radius 1 is 1.39 bits per heavy atom. The van der Waals surface area contributed by atoms with Crippen LogP contribution in [-0.4, -0.2) is 42.5 Å². The van der Waals surface area contributed by atoms with Crippen LogP contribution >= 0.6 is 0 Å². The highest BCUT2D eigenvalue weighted by Crippen LogP contribution is 2.00. The number of amides is 1. The first-order valence-electron chi connectivity index (χ1n) is 5.48. The maximum absolute atomic E-state index is 11.9. The number of aromatic amines is 1. The molecule has 0 aromatic carbocycles. The number of nitrogens with zero attached hydrogens (tertiary/aromatic N) is 1. The molecule has 18 heavy (non-hydrogen) atoms. The lowest BCUT2D eigenvalue weighted by Crippen LogP contribution is -2.33. The predicted octanol–water partition coefficient (Wildman–Crippen LogP) is 0.318. The summed E-state index contributed by atoms with van der Waals surface area (Å²) in [6.45, 7) is 1.94. The molecule has 1 heterocycles. The van der Waals surface area contributed by atoms with Crippen LogP contribution in [0.2, 0.25) is 0 Å². The quantitative estimate of drug-likeness (QED) is 0.782.